The number of rotatable bonds is 11. The number of benzene rings is 2. The third-order valence-electron chi connectivity index (χ3n) is 8.23. The molecule has 11 nitrogen and oxygen atoms in total. The molecule has 44 heavy (non-hydrogen) atoms. The van der Waals surface area contributed by atoms with E-state index in [9.17, 15) is 22.8 Å². The number of amides is 2. The number of nitrogens with zero attached hydrogens (tertiary/aromatic N) is 4. The van der Waals surface area contributed by atoms with Gasteiger partial charge in [0.25, 0.3) is 5.91 Å². The molecular formula is C32H38N6O5S. The highest BCUT2D eigenvalue weighted by molar-refractivity contribution is 7.90. The van der Waals surface area contributed by atoms with E-state index in [2.05, 4.69) is 20.2 Å². The lowest BCUT2D eigenvalue weighted by molar-refractivity contribution is -0.133. The first-order chi connectivity index (χ1) is 21.1. The van der Waals surface area contributed by atoms with E-state index < -0.39 is 9.84 Å². The summed E-state index contributed by atoms with van der Waals surface area (Å²) in [6.07, 6.45) is 6.74. The maximum absolute atomic E-state index is 13.2. The van der Waals surface area contributed by atoms with Crippen molar-refractivity contribution in [3.05, 3.63) is 100 Å². The van der Waals surface area contributed by atoms with Gasteiger partial charge in [0, 0.05) is 50.9 Å². The summed E-state index contributed by atoms with van der Waals surface area (Å²) in [5.41, 5.74) is 2.01. The largest absolute Gasteiger partial charge is 0.344 e. The number of aromatic amines is 1. The maximum Gasteiger partial charge on any atom is 0.331 e. The summed E-state index contributed by atoms with van der Waals surface area (Å²) in [7, 11) is -3.28. The SMILES string of the molecule is CCN(C(=O)Cc1ccc(S(C)(=O)=O)cc1)C1CCN(CC[C@H](NC(=O)c2cn3c(=O)[nH]ccc3n2)c2ccccc2)CC1. The predicted molar refractivity (Wildman–Crippen MR) is 167 cm³/mol. The zero-order chi connectivity index (χ0) is 31.3. The Kier molecular flexibility index (Phi) is 9.60. The van der Waals surface area contributed by atoms with Crippen molar-refractivity contribution in [2.24, 2.45) is 0 Å². The van der Waals surface area contributed by atoms with Crippen molar-refractivity contribution in [3.8, 4) is 0 Å². The lowest BCUT2D eigenvalue weighted by Crippen LogP contribution is -2.48. The normalized spacial score (nSPS) is 15.2. The van der Waals surface area contributed by atoms with E-state index in [1.165, 1.54) is 23.1 Å². The smallest absolute Gasteiger partial charge is 0.331 e. The fourth-order valence-corrected chi connectivity index (χ4v) is 6.45. The molecule has 2 N–H and O–H groups in total. The van der Waals surface area contributed by atoms with Crippen molar-refractivity contribution < 1.29 is 18.0 Å². The molecule has 0 aliphatic carbocycles. The number of fused-ring (bicyclic) bond motifs is 1. The second-order valence-electron chi connectivity index (χ2n) is 11.2. The quantitative estimate of drug-likeness (QED) is 0.264. The highest BCUT2D eigenvalue weighted by Crippen LogP contribution is 2.22. The summed E-state index contributed by atoms with van der Waals surface area (Å²) < 4.78 is 24.8. The van der Waals surface area contributed by atoms with Crippen LogP contribution in [0.2, 0.25) is 0 Å². The molecule has 0 bridgehead atoms. The Morgan fingerprint density at radius 3 is 2.41 bits per heavy atom. The lowest BCUT2D eigenvalue weighted by Gasteiger charge is -2.38. The third kappa shape index (κ3) is 7.43. The van der Waals surface area contributed by atoms with Crippen LogP contribution in [0.5, 0.6) is 0 Å². The van der Waals surface area contributed by atoms with Gasteiger partial charge in [-0.05, 0) is 55.5 Å². The van der Waals surface area contributed by atoms with E-state index in [1.54, 1.807) is 30.3 Å². The summed E-state index contributed by atoms with van der Waals surface area (Å²) in [5, 5.41) is 3.12. The van der Waals surface area contributed by atoms with Crippen LogP contribution in [0, 0.1) is 0 Å². The van der Waals surface area contributed by atoms with Gasteiger partial charge < -0.3 is 20.1 Å². The number of sulfone groups is 1. The molecule has 2 aromatic carbocycles. The fraction of sp³-hybridized carbons (Fsp3) is 0.375. The number of likely N-dealkylation sites (tertiary alicyclic amines) is 1. The molecule has 4 aromatic rings. The molecular weight excluding hydrogens is 580 g/mol. The van der Waals surface area contributed by atoms with Gasteiger partial charge in [-0.2, -0.15) is 0 Å². The van der Waals surface area contributed by atoms with Gasteiger partial charge in [0.2, 0.25) is 5.91 Å². The molecule has 0 unspecified atom stereocenters. The van der Waals surface area contributed by atoms with E-state index in [1.807, 2.05) is 42.2 Å². The molecule has 1 aliphatic rings. The van der Waals surface area contributed by atoms with Gasteiger partial charge >= 0.3 is 5.69 Å². The molecule has 12 heteroatoms. The van der Waals surface area contributed by atoms with Crippen LogP contribution < -0.4 is 11.0 Å². The second kappa shape index (κ2) is 13.6. The maximum atomic E-state index is 13.2. The third-order valence-corrected chi connectivity index (χ3v) is 9.36. The van der Waals surface area contributed by atoms with E-state index in [0.717, 1.165) is 43.6 Å². The van der Waals surface area contributed by atoms with Crippen molar-refractivity contribution in [1.29, 1.82) is 0 Å². The van der Waals surface area contributed by atoms with Gasteiger partial charge in [-0.1, -0.05) is 42.5 Å². The van der Waals surface area contributed by atoms with Gasteiger partial charge in [-0.15, -0.1) is 0 Å². The van der Waals surface area contributed by atoms with Gasteiger partial charge in [0.05, 0.1) is 17.4 Å². The zero-order valence-corrected chi connectivity index (χ0v) is 25.8. The minimum atomic E-state index is -3.28. The number of carbonyl (C=O) groups excluding carboxylic acids is 2. The fourth-order valence-electron chi connectivity index (χ4n) is 5.82. The summed E-state index contributed by atoms with van der Waals surface area (Å²) in [6, 6.07) is 17.9. The Hall–Kier alpha value is -4.29. The minimum absolute atomic E-state index is 0.0406. The number of carbonyl (C=O) groups is 2. The standard InChI is InChI=1S/C32H38N6O5S/c1-3-37(30(39)21-23-9-11-26(12-10-23)44(2,42)43)25-14-18-36(19-15-25)20-16-27(24-7-5-4-6-8-24)35-31(40)28-22-38-29(34-28)13-17-33-32(38)41/h4-13,17,22,25,27H,3,14-16,18-21H2,1-2H3,(H,33,41)(H,35,40)/t27-/m0/s1. The molecule has 2 amide bonds. The molecule has 1 atom stereocenters. The summed E-state index contributed by atoms with van der Waals surface area (Å²) >= 11 is 0. The van der Waals surface area contributed by atoms with Crippen LogP contribution in [0.25, 0.3) is 5.65 Å². The van der Waals surface area contributed by atoms with Crippen molar-refractivity contribution >= 4 is 27.3 Å². The predicted octanol–water partition coefficient (Wildman–Crippen LogP) is 2.84. The van der Waals surface area contributed by atoms with E-state index in [-0.39, 0.29) is 46.6 Å². The Labute approximate surface area is 256 Å². The summed E-state index contributed by atoms with van der Waals surface area (Å²) in [4.78, 5) is 49.9. The Bertz CT molecular complexity index is 1760. The number of imidazole rings is 1. The number of nitrogens with one attached hydrogen (secondary N) is 2. The highest BCUT2D eigenvalue weighted by atomic mass is 32.2. The molecule has 232 valence electrons. The molecule has 5 rings (SSSR count). The first-order valence-corrected chi connectivity index (χ1v) is 16.7. The average molecular weight is 619 g/mol. The van der Waals surface area contributed by atoms with E-state index in [4.69, 9.17) is 0 Å². The van der Waals surface area contributed by atoms with E-state index >= 15 is 0 Å². The number of hydrogen-bond acceptors (Lipinski definition) is 7. The van der Waals surface area contributed by atoms with Gasteiger partial charge in [-0.25, -0.2) is 18.2 Å². The van der Waals surface area contributed by atoms with Crippen LogP contribution >= 0.6 is 0 Å². The zero-order valence-electron chi connectivity index (χ0n) is 25.0. The van der Waals surface area contributed by atoms with Crippen LogP contribution in [-0.2, 0) is 21.1 Å². The molecule has 1 aliphatic heterocycles. The molecule has 0 spiro atoms. The van der Waals surface area contributed by atoms with Crippen molar-refractivity contribution in [2.75, 3.05) is 32.4 Å². The second-order valence-corrected chi connectivity index (χ2v) is 13.2. The molecule has 1 saturated heterocycles. The topological polar surface area (TPSA) is 137 Å². The number of aromatic nitrogens is 3. The highest BCUT2D eigenvalue weighted by Gasteiger charge is 2.28. The molecule has 0 radical (unpaired) electrons. The van der Waals surface area contributed by atoms with Gasteiger partial charge in [-0.3, -0.25) is 14.0 Å². The molecule has 2 aromatic heterocycles. The minimum Gasteiger partial charge on any atom is -0.344 e. The van der Waals surface area contributed by atoms with Crippen LogP contribution in [-0.4, -0.2) is 82.9 Å². The monoisotopic (exact) mass is 618 g/mol. The van der Waals surface area contributed by atoms with Crippen molar-refractivity contribution in [2.45, 2.75) is 49.6 Å². The summed E-state index contributed by atoms with van der Waals surface area (Å²) in [5.74, 6) is -0.303. The van der Waals surface area contributed by atoms with Gasteiger partial charge in [0.1, 0.15) is 11.3 Å². The first kappa shape index (κ1) is 31.1. The molecule has 3 heterocycles. The first-order valence-electron chi connectivity index (χ1n) is 14.9. The molecule has 0 saturated carbocycles. The number of piperidine rings is 1. The van der Waals surface area contributed by atoms with Gasteiger partial charge in [0.15, 0.2) is 9.84 Å². The van der Waals surface area contributed by atoms with Crippen molar-refractivity contribution in [3.63, 3.8) is 0 Å². The number of H-pyrrole nitrogens is 1. The van der Waals surface area contributed by atoms with Crippen molar-refractivity contribution in [1.82, 2.24) is 29.5 Å². The Morgan fingerprint density at radius 2 is 1.77 bits per heavy atom. The Morgan fingerprint density at radius 1 is 1.07 bits per heavy atom. The number of hydrogen-bond donors (Lipinski definition) is 2. The summed E-state index contributed by atoms with van der Waals surface area (Å²) in [6.45, 7) is 5.04. The Balaban J connectivity index is 1.17. The number of likely N-dealkylation sites (N-methyl/N-ethyl adjacent to an activating group) is 1. The molecule has 1 fully saturated rings. The van der Waals surface area contributed by atoms with E-state index in [0.29, 0.717) is 18.6 Å². The van der Waals surface area contributed by atoms with Crippen LogP contribution in [0.4, 0.5) is 0 Å². The lowest BCUT2D eigenvalue weighted by atomic mass is 9.99. The van der Waals surface area contributed by atoms with Crippen LogP contribution in [0.3, 0.4) is 0 Å². The average Bonchev–Trinajstić information content (AvgIpc) is 3.47. The van der Waals surface area contributed by atoms with Crippen LogP contribution in [0.1, 0.15) is 53.8 Å². The van der Waals surface area contributed by atoms with Crippen LogP contribution in [0.15, 0.2) is 82.7 Å².